The number of nitrogens with one attached hydrogen (secondary N) is 1. The van der Waals surface area contributed by atoms with Crippen LogP contribution in [0.3, 0.4) is 0 Å². The molecule has 0 spiro atoms. The molecule has 0 unspecified atom stereocenters. The molecule has 1 aromatic rings. The number of piperidine rings is 1. The molecule has 0 aromatic heterocycles. The van der Waals surface area contributed by atoms with Gasteiger partial charge >= 0.3 is 0 Å². The highest BCUT2D eigenvalue weighted by Gasteiger charge is 2.26. The number of anilines is 1. The van der Waals surface area contributed by atoms with Crippen molar-refractivity contribution < 1.29 is 13.2 Å². The van der Waals surface area contributed by atoms with E-state index >= 15 is 0 Å². The maximum atomic E-state index is 12.8. The predicted molar refractivity (Wildman–Crippen MR) is 93.6 cm³/mol. The van der Waals surface area contributed by atoms with Crippen LogP contribution < -0.4 is 10.1 Å². The molecule has 1 fully saturated rings. The van der Waals surface area contributed by atoms with Crippen LogP contribution in [0.2, 0.25) is 0 Å². The zero-order chi connectivity index (χ0) is 17.0. The third-order valence-electron chi connectivity index (χ3n) is 3.71. The van der Waals surface area contributed by atoms with Crippen molar-refractivity contribution >= 4 is 15.7 Å². The van der Waals surface area contributed by atoms with Crippen molar-refractivity contribution in [3.05, 3.63) is 18.2 Å². The van der Waals surface area contributed by atoms with E-state index in [9.17, 15) is 8.42 Å². The number of nitrogens with zero attached hydrogens (tertiary/aromatic N) is 1. The topological polar surface area (TPSA) is 58.6 Å². The SMILES string of the molecule is CC(C)Nc1cc(S(=O)(=O)N2CCCCC2)ccc1OC(C)C. The maximum Gasteiger partial charge on any atom is 0.243 e. The van der Waals surface area contributed by atoms with E-state index in [2.05, 4.69) is 5.32 Å². The summed E-state index contributed by atoms with van der Waals surface area (Å²) in [7, 11) is -3.43. The van der Waals surface area contributed by atoms with Gasteiger partial charge in [0.15, 0.2) is 0 Å². The molecule has 130 valence electrons. The van der Waals surface area contributed by atoms with Gasteiger partial charge in [-0.2, -0.15) is 4.31 Å². The lowest BCUT2D eigenvalue weighted by Gasteiger charge is -2.26. The second-order valence-corrected chi connectivity index (χ2v) is 8.53. The molecule has 1 saturated heterocycles. The first-order valence-electron chi connectivity index (χ1n) is 8.38. The van der Waals surface area contributed by atoms with Crippen LogP contribution in [-0.4, -0.2) is 38.0 Å². The second kappa shape index (κ2) is 7.53. The van der Waals surface area contributed by atoms with Gasteiger partial charge in [0.25, 0.3) is 0 Å². The van der Waals surface area contributed by atoms with Crippen LogP contribution in [0.5, 0.6) is 5.75 Å². The Kier molecular flexibility index (Phi) is 5.92. The quantitative estimate of drug-likeness (QED) is 0.861. The average molecular weight is 340 g/mol. The van der Waals surface area contributed by atoms with E-state index in [1.165, 1.54) is 0 Å². The Morgan fingerprint density at radius 3 is 2.30 bits per heavy atom. The van der Waals surface area contributed by atoms with Crippen molar-refractivity contribution in [3.63, 3.8) is 0 Å². The molecular formula is C17H28N2O3S. The van der Waals surface area contributed by atoms with E-state index in [0.29, 0.717) is 23.7 Å². The highest BCUT2D eigenvalue weighted by Crippen LogP contribution is 2.31. The van der Waals surface area contributed by atoms with Gasteiger partial charge in [-0.3, -0.25) is 0 Å². The number of ether oxygens (including phenoxy) is 1. The molecule has 2 rings (SSSR count). The minimum absolute atomic E-state index is 0.0345. The first-order valence-corrected chi connectivity index (χ1v) is 9.82. The molecule has 1 aliphatic heterocycles. The van der Waals surface area contributed by atoms with Gasteiger partial charge in [0, 0.05) is 19.1 Å². The molecule has 1 aromatic carbocycles. The Balaban J connectivity index is 2.35. The summed E-state index contributed by atoms with van der Waals surface area (Å²) < 4.78 is 33.0. The first kappa shape index (κ1) is 18.1. The van der Waals surface area contributed by atoms with Crippen molar-refractivity contribution in [3.8, 4) is 5.75 Å². The number of benzene rings is 1. The molecule has 0 bridgehead atoms. The van der Waals surface area contributed by atoms with E-state index in [1.54, 1.807) is 22.5 Å². The van der Waals surface area contributed by atoms with Crippen LogP contribution in [0.4, 0.5) is 5.69 Å². The predicted octanol–water partition coefficient (Wildman–Crippen LogP) is 3.47. The first-order chi connectivity index (χ1) is 10.8. The van der Waals surface area contributed by atoms with Crippen molar-refractivity contribution in [1.82, 2.24) is 4.31 Å². The Hall–Kier alpha value is -1.27. The molecule has 0 aliphatic carbocycles. The van der Waals surface area contributed by atoms with Crippen molar-refractivity contribution in [2.45, 2.75) is 64.0 Å². The fourth-order valence-corrected chi connectivity index (χ4v) is 4.25. The minimum atomic E-state index is -3.43. The molecule has 6 heteroatoms. The summed E-state index contributed by atoms with van der Waals surface area (Å²) in [5.74, 6) is 0.686. The van der Waals surface area contributed by atoms with Gasteiger partial charge in [-0.1, -0.05) is 6.42 Å². The van der Waals surface area contributed by atoms with Gasteiger partial charge in [-0.05, 0) is 58.7 Å². The van der Waals surface area contributed by atoms with Crippen LogP contribution in [0.25, 0.3) is 0 Å². The Morgan fingerprint density at radius 1 is 1.09 bits per heavy atom. The normalized spacial score (nSPS) is 16.8. The lowest BCUT2D eigenvalue weighted by atomic mass is 10.2. The summed E-state index contributed by atoms with van der Waals surface area (Å²) in [6.07, 6.45) is 3.01. The number of rotatable bonds is 6. The maximum absolute atomic E-state index is 12.8. The lowest BCUT2D eigenvalue weighted by Crippen LogP contribution is -2.35. The Bertz CT molecular complexity index is 621. The largest absolute Gasteiger partial charge is 0.489 e. The standard InChI is InChI=1S/C17H28N2O3S/c1-13(2)18-16-12-15(8-9-17(16)22-14(3)4)23(20,21)19-10-6-5-7-11-19/h8-9,12-14,18H,5-7,10-11H2,1-4H3. The molecule has 1 aliphatic rings. The summed E-state index contributed by atoms with van der Waals surface area (Å²) in [6.45, 7) is 9.17. The van der Waals surface area contributed by atoms with Crippen LogP contribution in [0.1, 0.15) is 47.0 Å². The summed E-state index contributed by atoms with van der Waals surface area (Å²) >= 11 is 0. The summed E-state index contributed by atoms with van der Waals surface area (Å²) in [6, 6.07) is 5.29. The van der Waals surface area contributed by atoms with Crippen LogP contribution in [0, 0.1) is 0 Å². The summed E-state index contributed by atoms with van der Waals surface area (Å²) in [4.78, 5) is 0.332. The summed E-state index contributed by atoms with van der Waals surface area (Å²) in [5, 5.41) is 3.29. The van der Waals surface area contributed by atoms with E-state index in [0.717, 1.165) is 24.9 Å². The molecule has 0 amide bonds. The molecule has 0 atom stereocenters. The van der Waals surface area contributed by atoms with Gasteiger partial charge < -0.3 is 10.1 Å². The van der Waals surface area contributed by atoms with Crippen molar-refractivity contribution in [2.75, 3.05) is 18.4 Å². The van der Waals surface area contributed by atoms with Crippen LogP contribution in [-0.2, 0) is 10.0 Å². The molecular weight excluding hydrogens is 312 g/mol. The Morgan fingerprint density at radius 2 is 1.74 bits per heavy atom. The van der Waals surface area contributed by atoms with E-state index in [4.69, 9.17) is 4.74 Å². The molecule has 0 radical (unpaired) electrons. The molecule has 0 saturated carbocycles. The van der Waals surface area contributed by atoms with Gasteiger partial charge in [-0.25, -0.2) is 8.42 Å². The zero-order valence-electron chi connectivity index (χ0n) is 14.5. The average Bonchev–Trinajstić information content (AvgIpc) is 2.49. The molecule has 1 heterocycles. The van der Waals surface area contributed by atoms with Gasteiger partial charge in [0.05, 0.1) is 16.7 Å². The molecule has 5 nitrogen and oxygen atoms in total. The zero-order valence-corrected chi connectivity index (χ0v) is 15.3. The van der Waals surface area contributed by atoms with Gasteiger partial charge in [0.2, 0.25) is 10.0 Å². The fraction of sp³-hybridized carbons (Fsp3) is 0.647. The van der Waals surface area contributed by atoms with Gasteiger partial charge in [-0.15, -0.1) is 0 Å². The number of hydrogen-bond donors (Lipinski definition) is 1. The van der Waals surface area contributed by atoms with E-state index < -0.39 is 10.0 Å². The third kappa shape index (κ3) is 4.61. The minimum Gasteiger partial charge on any atom is -0.489 e. The number of sulfonamides is 1. The van der Waals surface area contributed by atoms with E-state index in [1.807, 2.05) is 27.7 Å². The van der Waals surface area contributed by atoms with Crippen LogP contribution in [0.15, 0.2) is 23.1 Å². The molecule has 1 N–H and O–H groups in total. The molecule has 23 heavy (non-hydrogen) atoms. The summed E-state index contributed by atoms with van der Waals surface area (Å²) in [5.41, 5.74) is 0.729. The Labute approximate surface area is 140 Å². The van der Waals surface area contributed by atoms with Crippen molar-refractivity contribution in [1.29, 1.82) is 0 Å². The second-order valence-electron chi connectivity index (χ2n) is 6.59. The monoisotopic (exact) mass is 340 g/mol. The fourth-order valence-electron chi connectivity index (χ4n) is 2.70. The van der Waals surface area contributed by atoms with Crippen molar-refractivity contribution in [2.24, 2.45) is 0 Å². The third-order valence-corrected chi connectivity index (χ3v) is 5.61. The smallest absolute Gasteiger partial charge is 0.243 e. The highest BCUT2D eigenvalue weighted by molar-refractivity contribution is 7.89. The van der Waals surface area contributed by atoms with Crippen LogP contribution >= 0.6 is 0 Å². The van der Waals surface area contributed by atoms with E-state index in [-0.39, 0.29) is 12.1 Å². The lowest BCUT2D eigenvalue weighted by molar-refractivity contribution is 0.243. The highest BCUT2D eigenvalue weighted by atomic mass is 32.2. The number of hydrogen-bond acceptors (Lipinski definition) is 4. The van der Waals surface area contributed by atoms with Gasteiger partial charge in [0.1, 0.15) is 5.75 Å².